The summed E-state index contributed by atoms with van der Waals surface area (Å²) in [7, 11) is 0. The van der Waals surface area contributed by atoms with Gasteiger partial charge >= 0.3 is 0 Å². The van der Waals surface area contributed by atoms with Crippen molar-refractivity contribution >= 4 is 17.6 Å². The van der Waals surface area contributed by atoms with Gasteiger partial charge in [-0.2, -0.15) is 11.8 Å². The Hall–Kier alpha value is -0.740. The summed E-state index contributed by atoms with van der Waals surface area (Å²) in [5.41, 5.74) is 6.83. The fraction of sp³-hybridized carbons (Fsp3) is 0.583. The summed E-state index contributed by atoms with van der Waals surface area (Å²) in [6.07, 6.45) is 1.88. The number of aromatic nitrogens is 1. The van der Waals surface area contributed by atoms with E-state index in [1.807, 2.05) is 12.3 Å². The van der Waals surface area contributed by atoms with Gasteiger partial charge in [-0.3, -0.25) is 4.90 Å². The van der Waals surface area contributed by atoms with Crippen LogP contribution in [0.2, 0.25) is 0 Å². The van der Waals surface area contributed by atoms with E-state index in [1.54, 1.807) is 0 Å². The van der Waals surface area contributed by atoms with E-state index in [-0.39, 0.29) is 0 Å². The summed E-state index contributed by atoms with van der Waals surface area (Å²) >= 11 is 2.07. The molecule has 1 aliphatic rings. The molecule has 0 spiro atoms. The van der Waals surface area contributed by atoms with Gasteiger partial charge in [0.15, 0.2) is 0 Å². The zero-order chi connectivity index (χ0) is 11.5. The molecule has 2 atom stereocenters. The van der Waals surface area contributed by atoms with Crippen LogP contribution in [0.15, 0.2) is 18.3 Å². The number of hydrogen-bond donors (Lipinski definition) is 1. The number of anilines is 1. The Morgan fingerprint density at radius 3 is 3.00 bits per heavy atom. The van der Waals surface area contributed by atoms with Crippen LogP contribution in [-0.4, -0.2) is 33.5 Å². The minimum Gasteiger partial charge on any atom is -0.384 e. The second kappa shape index (κ2) is 5.06. The van der Waals surface area contributed by atoms with Crippen LogP contribution < -0.4 is 5.73 Å². The van der Waals surface area contributed by atoms with Crippen LogP contribution in [0.1, 0.15) is 19.4 Å². The molecular weight excluding hydrogens is 218 g/mol. The van der Waals surface area contributed by atoms with Crippen molar-refractivity contribution in [2.45, 2.75) is 31.7 Å². The van der Waals surface area contributed by atoms with Crippen LogP contribution in [0.3, 0.4) is 0 Å². The van der Waals surface area contributed by atoms with Gasteiger partial charge in [0, 0.05) is 36.3 Å². The third-order valence-electron chi connectivity index (χ3n) is 3.25. The van der Waals surface area contributed by atoms with Crippen molar-refractivity contribution in [3.63, 3.8) is 0 Å². The van der Waals surface area contributed by atoms with Crippen LogP contribution in [0, 0.1) is 0 Å². The molecule has 88 valence electrons. The van der Waals surface area contributed by atoms with Gasteiger partial charge in [0.1, 0.15) is 5.82 Å². The topological polar surface area (TPSA) is 42.1 Å². The zero-order valence-electron chi connectivity index (χ0n) is 9.89. The largest absolute Gasteiger partial charge is 0.384 e. The molecule has 1 fully saturated rings. The highest BCUT2D eigenvalue weighted by Gasteiger charge is 2.24. The van der Waals surface area contributed by atoms with Crippen molar-refractivity contribution in [3.05, 3.63) is 23.9 Å². The van der Waals surface area contributed by atoms with Crippen molar-refractivity contribution in [2.24, 2.45) is 0 Å². The number of nitrogen functional groups attached to an aromatic ring is 1. The van der Waals surface area contributed by atoms with Gasteiger partial charge in [-0.05, 0) is 18.6 Å². The molecule has 1 aromatic heterocycles. The summed E-state index contributed by atoms with van der Waals surface area (Å²) < 4.78 is 0. The predicted molar refractivity (Wildman–Crippen MR) is 70.4 cm³/mol. The molecule has 0 bridgehead atoms. The van der Waals surface area contributed by atoms with Crippen LogP contribution in [0.25, 0.3) is 0 Å². The minimum atomic E-state index is 0.597. The number of nitrogens with two attached hydrogens (primary N) is 1. The number of pyridine rings is 1. The molecule has 2 rings (SSSR count). The molecule has 2 heterocycles. The normalized spacial score (nSPS) is 26.9. The van der Waals surface area contributed by atoms with Gasteiger partial charge in [0.05, 0.1) is 0 Å². The Balaban J connectivity index is 2.00. The average Bonchev–Trinajstić information content (AvgIpc) is 2.28. The molecule has 0 radical (unpaired) electrons. The summed E-state index contributed by atoms with van der Waals surface area (Å²) in [4.78, 5) is 6.66. The minimum absolute atomic E-state index is 0.597. The van der Waals surface area contributed by atoms with Crippen molar-refractivity contribution in [3.8, 4) is 0 Å². The van der Waals surface area contributed by atoms with Gasteiger partial charge in [0.25, 0.3) is 0 Å². The Kier molecular flexibility index (Phi) is 3.71. The monoisotopic (exact) mass is 237 g/mol. The van der Waals surface area contributed by atoms with E-state index in [2.05, 4.69) is 41.6 Å². The van der Waals surface area contributed by atoms with Gasteiger partial charge in [0.2, 0.25) is 0 Å². The Morgan fingerprint density at radius 1 is 1.50 bits per heavy atom. The van der Waals surface area contributed by atoms with Crippen molar-refractivity contribution in [1.29, 1.82) is 0 Å². The van der Waals surface area contributed by atoms with Crippen LogP contribution >= 0.6 is 11.8 Å². The van der Waals surface area contributed by atoms with E-state index in [4.69, 9.17) is 5.73 Å². The van der Waals surface area contributed by atoms with Crippen LogP contribution in [0.5, 0.6) is 0 Å². The van der Waals surface area contributed by atoms with Crippen LogP contribution in [-0.2, 0) is 6.54 Å². The lowest BCUT2D eigenvalue weighted by molar-refractivity contribution is 0.204. The summed E-state index contributed by atoms with van der Waals surface area (Å²) in [6, 6.07) is 4.58. The second-order valence-electron chi connectivity index (χ2n) is 4.38. The lowest BCUT2D eigenvalue weighted by Crippen LogP contribution is -2.43. The summed E-state index contributed by atoms with van der Waals surface area (Å²) in [5, 5.41) is 0.718. The van der Waals surface area contributed by atoms with E-state index in [9.17, 15) is 0 Å². The first-order valence-electron chi connectivity index (χ1n) is 5.73. The molecule has 1 aliphatic heterocycles. The number of rotatable bonds is 2. The molecule has 0 amide bonds. The van der Waals surface area contributed by atoms with Crippen molar-refractivity contribution in [1.82, 2.24) is 9.88 Å². The smallest absolute Gasteiger partial charge is 0.123 e. The molecule has 0 aliphatic carbocycles. The molecule has 1 aromatic rings. The first kappa shape index (κ1) is 11.7. The van der Waals surface area contributed by atoms with Crippen molar-refractivity contribution in [2.75, 3.05) is 18.0 Å². The number of hydrogen-bond acceptors (Lipinski definition) is 4. The Bertz CT molecular complexity index is 339. The Morgan fingerprint density at radius 2 is 2.31 bits per heavy atom. The standard InChI is InChI=1S/C12H19N3S/c1-9-10(2)16-6-5-15(9)8-11-3-4-12(13)14-7-11/h3-4,7,9-10H,5-6,8H2,1-2H3,(H2,13,14). The molecule has 1 saturated heterocycles. The molecule has 2 N–H and O–H groups in total. The molecule has 0 aromatic carbocycles. The first-order valence-corrected chi connectivity index (χ1v) is 6.78. The third kappa shape index (κ3) is 2.68. The maximum atomic E-state index is 5.58. The summed E-state index contributed by atoms with van der Waals surface area (Å²) in [6.45, 7) is 6.77. The molecule has 4 heteroatoms. The lowest BCUT2D eigenvalue weighted by Gasteiger charge is -2.37. The second-order valence-corrected chi connectivity index (χ2v) is 5.86. The highest BCUT2D eigenvalue weighted by Crippen LogP contribution is 2.25. The van der Waals surface area contributed by atoms with E-state index in [0.717, 1.165) is 11.8 Å². The fourth-order valence-electron chi connectivity index (χ4n) is 1.98. The average molecular weight is 237 g/mol. The number of thioether (sulfide) groups is 1. The quantitative estimate of drug-likeness (QED) is 0.854. The van der Waals surface area contributed by atoms with E-state index in [1.165, 1.54) is 17.9 Å². The predicted octanol–water partition coefficient (Wildman–Crippen LogP) is 1.99. The summed E-state index contributed by atoms with van der Waals surface area (Å²) in [5.74, 6) is 1.83. The SMILES string of the molecule is CC1SCCN(Cc2ccc(N)nc2)C1C. The van der Waals surface area contributed by atoms with Crippen LogP contribution in [0.4, 0.5) is 5.82 Å². The van der Waals surface area contributed by atoms with Gasteiger partial charge in [-0.1, -0.05) is 13.0 Å². The van der Waals surface area contributed by atoms with Gasteiger partial charge in [-0.15, -0.1) is 0 Å². The highest BCUT2D eigenvalue weighted by atomic mass is 32.2. The van der Waals surface area contributed by atoms with Crippen molar-refractivity contribution < 1.29 is 0 Å². The number of nitrogens with zero attached hydrogens (tertiary/aromatic N) is 2. The van der Waals surface area contributed by atoms with E-state index < -0.39 is 0 Å². The molecule has 16 heavy (non-hydrogen) atoms. The third-order valence-corrected chi connectivity index (χ3v) is 4.59. The van der Waals surface area contributed by atoms with Gasteiger partial charge in [-0.25, -0.2) is 4.98 Å². The van der Waals surface area contributed by atoms with Gasteiger partial charge < -0.3 is 5.73 Å². The molecular formula is C12H19N3S. The van der Waals surface area contributed by atoms with E-state index in [0.29, 0.717) is 11.9 Å². The maximum Gasteiger partial charge on any atom is 0.123 e. The Labute approximate surface area is 101 Å². The zero-order valence-corrected chi connectivity index (χ0v) is 10.7. The van der Waals surface area contributed by atoms with E-state index >= 15 is 0 Å². The maximum absolute atomic E-state index is 5.58. The molecule has 0 saturated carbocycles. The molecule has 3 nitrogen and oxygen atoms in total. The first-order chi connectivity index (χ1) is 7.66. The molecule has 2 unspecified atom stereocenters. The highest BCUT2D eigenvalue weighted by molar-refractivity contribution is 8.00. The fourth-order valence-corrected chi connectivity index (χ4v) is 3.14. The lowest BCUT2D eigenvalue weighted by atomic mass is 10.1.